The summed E-state index contributed by atoms with van der Waals surface area (Å²) in [5.41, 5.74) is 0. The van der Waals surface area contributed by atoms with Crippen LogP contribution in [0.25, 0.3) is 0 Å². The molecule has 5 heteroatoms. The van der Waals surface area contributed by atoms with Gasteiger partial charge in [-0.05, 0) is 19.1 Å². The summed E-state index contributed by atoms with van der Waals surface area (Å²) in [5.74, 6) is 0.0176. The van der Waals surface area contributed by atoms with E-state index in [0.29, 0.717) is 25.3 Å². The number of nitrogens with one attached hydrogen (secondary N) is 1. The molecule has 1 atom stereocenters. The summed E-state index contributed by atoms with van der Waals surface area (Å²) in [7, 11) is 1.54. The Kier molecular flexibility index (Phi) is 6.14. The fraction of sp³-hybridized carbons (Fsp3) is 0.462. The number of methoxy groups -OCH3 is 1. The van der Waals surface area contributed by atoms with Gasteiger partial charge < -0.3 is 14.8 Å². The first-order valence-electron chi connectivity index (χ1n) is 5.79. The molecule has 1 N–H and O–H groups in total. The van der Waals surface area contributed by atoms with Gasteiger partial charge >= 0.3 is 0 Å². The van der Waals surface area contributed by atoms with Gasteiger partial charge in [-0.15, -0.1) is 0 Å². The van der Waals surface area contributed by atoms with E-state index in [4.69, 9.17) is 9.47 Å². The number of carbonyl (C=O) groups is 1. The van der Waals surface area contributed by atoms with E-state index in [1.165, 1.54) is 12.1 Å². The molecule has 0 aliphatic rings. The lowest BCUT2D eigenvalue weighted by Crippen LogP contribution is -2.33. The van der Waals surface area contributed by atoms with Gasteiger partial charge in [0.1, 0.15) is 17.7 Å². The third-order valence-electron chi connectivity index (χ3n) is 2.25. The topological polar surface area (TPSA) is 47.6 Å². The number of rotatable bonds is 7. The normalized spacial score (nSPS) is 11.9. The van der Waals surface area contributed by atoms with Crippen molar-refractivity contribution >= 4 is 5.91 Å². The summed E-state index contributed by atoms with van der Waals surface area (Å²) in [6.45, 7) is 2.57. The largest absolute Gasteiger partial charge is 0.489 e. The molecule has 0 saturated carbocycles. The third kappa shape index (κ3) is 5.63. The van der Waals surface area contributed by atoms with E-state index in [0.717, 1.165) is 0 Å². The molecule has 0 fully saturated rings. The molecule has 1 aromatic rings. The molecule has 1 aromatic carbocycles. The molecule has 1 amide bonds. The molecular formula is C13H18FNO3. The van der Waals surface area contributed by atoms with Crippen molar-refractivity contribution in [1.82, 2.24) is 5.32 Å². The van der Waals surface area contributed by atoms with Crippen LogP contribution in [0.1, 0.15) is 13.3 Å². The molecule has 4 nitrogen and oxygen atoms in total. The fourth-order valence-corrected chi connectivity index (χ4v) is 1.35. The van der Waals surface area contributed by atoms with Crippen LogP contribution in [-0.4, -0.2) is 32.3 Å². The Balaban J connectivity index is 2.29. The first-order chi connectivity index (χ1) is 8.61. The summed E-state index contributed by atoms with van der Waals surface area (Å²) < 4.78 is 23.2. The van der Waals surface area contributed by atoms with E-state index in [9.17, 15) is 9.18 Å². The number of hydrogen-bond acceptors (Lipinski definition) is 3. The van der Waals surface area contributed by atoms with E-state index < -0.39 is 0 Å². The smallest absolute Gasteiger partial charge is 0.222 e. The average molecular weight is 255 g/mol. The van der Waals surface area contributed by atoms with Gasteiger partial charge in [-0.1, -0.05) is 6.07 Å². The molecule has 0 heterocycles. The fourth-order valence-electron chi connectivity index (χ4n) is 1.35. The van der Waals surface area contributed by atoms with E-state index >= 15 is 0 Å². The first kappa shape index (κ1) is 14.4. The minimum atomic E-state index is -0.344. The van der Waals surface area contributed by atoms with E-state index in [1.807, 2.05) is 6.92 Å². The highest BCUT2D eigenvalue weighted by molar-refractivity contribution is 5.75. The molecule has 1 rings (SSSR count). The first-order valence-corrected chi connectivity index (χ1v) is 5.79. The van der Waals surface area contributed by atoms with Crippen LogP contribution in [-0.2, 0) is 9.53 Å². The maximum Gasteiger partial charge on any atom is 0.222 e. The zero-order valence-corrected chi connectivity index (χ0v) is 10.6. The van der Waals surface area contributed by atoms with Crippen molar-refractivity contribution in [2.24, 2.45) is 0 Å². The number of hydrogen-bond donors (Lipinski definition) is 1. The Hall–Kier alpha value is -1.62. The Morgan fingerprint density at radius 1 is 1.50 bits per heavy atom. The summed E-state index contributed by atoms with van der Waals surface area (Å²) in [4.78, 5) is 11.3. The number of benzene rings is 1. The lowest BCUT2D eigenvalue weighted by atomic mass is 10.3. The van der Waals surface area contributed by atoms with Crippen molar-refractivity contribution in [3.8, 4) is 5.75 Å². The van der Waals surface area contributed by atoms with Crippen LogP contribution in [0.3, 0.4) is 0 Å². The monoisotopic (exact) mass is 255 g/mol. The number of halogens is 1. The molecular weight excluding hydrogens is 237 g/mol. The second-order valence-electron chi connectivity index (χ2n) is 3.93. The number of amides is 1. The van der Waals surface area contributed by atoms with Crippen molar-refractivity contribution in [2.45, 2.75) is 19.4 Å². The minimum Gasteiger partial charge on any atom is -0.489 e. The van der Waals surface area contributed by atoms with Gasteiger partial charge in [0.25, 0.3) is 0 Å². The molecule has 0 aliphatic carbocycles. The SMILES string of the molecule is COCCC(=O)NCC(C)Oc1cccc(F)c1. The van der Waals surface area contributed by atoms with Gasteiger partial charge in [0.15, 0.2) is 0 Å². The maximum atomic E-state index is 12.9. The van der Waals surface area contributed by atoms with E-state index in [1.54, 1.807) is 19.2 Å². The van der Waals surface area contributed by atoms with Crippen LogP contribution in [0, 0.1) is 5.82 Å². The van der Waals surface area contributed by atoms with Crippen molar-refractivity contribution in [1.29, 1.82) is 0 Å². The summed E-state index contributed by atoms with van der Waals surface area (Å²) >= 11 is 0. The van der Waals surface area contributed by atoms with Gasteiger partial charge in [-0.3, -0.25) is 4.79 Å². The highest BCUT2D eigenvalue weighted by atomic mass is 19.1. The lowest BCUT2D eigenvalue weighted by Gasteiger charge is -2.15. The molecule has 0 spiro atoms. The van der Waals surface area contributed by atoms with Gasteiger partial charge in [-0.2, -0.15) is 0 Å². The Morgan fingerprint density at radius 3 is 2.94 bits per heavy atom. The third-order valence-corrected chi connectivity index (χ3v) is 2.25. The van der Waals surface area contributed by atoms with Gasteiger partial charge in [0.2, 0.25) is 5.91 Å². The summed E-state index contributed by atoms with van der Waals surface area (Å²) in [6, 6.07) is 5.91. The van der Waals surface area contributed by atoms with Gasteiger partial charge in [-0.25, -0.2) is 4.39 Å². The Bertz CT molecular complexity index is 384. The van der Waals surface area contributed by atoms with E-state index in [2.05, 4.69) is 5.32 Å². The second kappa shape index (κ2) is 7.66. The summed E-state index contributed by atoms with van der Waals surface area (Å²) in [5, 5.41) is 2.71. The number of carbonyl (C=O) groups excluding carboxylic acids is 1. The zero-order valence-electron chi connectivity index (χ0n) is 10.6. The van der Waals surface area contributed by atoms with E-state index in [-0.39, 0.29) is 17.8 Å². The van der Waals surface area contributed by atoms with Crippen LogP contribution >= 0.6 is 0 Å². The van der Waals surface area contributed by atoms with Crippen LogP contribution in [0.5, 0.6) is 5.75 Å². The molecule has 18 heavy (non-hydrogen) atoms. The Labute approximate surface area is 106 Å². The van der Waals surface area contributed by atoms with Gasteiger partial charge in [0.05, 0.1) is 13.2 Å². The minimum absolute atomic E-state index is 0.0912. The maximum absolute atomic E-state index is 12.9. The van der Waals surface area contributed by atoms with Crippen LogP contribution in [0.2, 0.25) is 0 Å². The van der Waals surface area contributed by atoms with Crippen molar-refractivity contribution in [3.63, 3.8) is 0 Å². The average Bonchev–Trinajstić information content (AvgIpc) is 2.34. The van der Waals surface area contributed by atoms with Gasteiger partial charge in [0, 0.05) is 19.6 Å². The van der Waals surface area contributed by atoms with Crippen molar-refractivity contribution < 1.29 is 18.7 Å². The number of ether oxygens (including phenoxy) is 2. The van der Waals surface area contributed by atoms with Crippen LogP contribution < -0.4 is 10.1 Å². The van der Waals surface area contributed by atoms with Crippen molar-refractivity contribution in [2.75, 3.05) is 20.3 Å². The lowest BCUT2D eigenvalue weighted by molar-refractivity contribution is -0.122. The highest BCUT2D eigenvalue weighted by Gasteiger charge is 2.07. The predicted octanol–water partition coefficient (Wildman–Crippen LogP) is 1.75. The molecule has 0 radical (unpaired) electrons. The molecule has 0 aliphatic heterocycles. The molecule has 1 unspecified atom stereocenters. The molecule has 0 saturated heterocycles. The second-order valence-corrected chi connectivity index (χ2v) is 3.93. The van der Waals surface area contributed by atoms with Crippen LogP contribution in [0.4, 0.5) is 4.39 Å². The zero-order chi connectivity index (χ0) is 13.4. The predicted molar refractivity (Wildman–Crippen MR) is 66.0 cm³/mol. The molecule has 0 aromatic heterocycles. The quantitative estimate of drug-likeness (QED) is 0.807. The van der Waals surface area contributed by atoms with Crippen LogP contribution in [0.15, 0.2) is 24.3 Å². The van der Waals surface area contributed by atoms with Crippen molar-refractivity contribution in [3.05, 3.63) is 30.1 Å². The molecule has 0 bridgehead atoms. The standard InChI is InChI=1S/C13H18FNO3/c1-10(9-15-13(16)6-7-17-2)18-12-5-3-4-11(14)8-12/h3-5,8,10H,6-7,9H2,1-2H3,(H,15,16). The summed E-state index contributed by atoms with van der Waals surface area (Å²) in [6.07, 6.45) is 0.0988. The Morgan fingerprint density at radius 2 is 2.28 bits per heavy atom. The molecule has 100 valence electrons. The highest BCUT2D eigenvalue weighted by Crippen LogP contribution is 2.13.